The molecule has 0 saturated heterocycles. The molecule has 0 aliphatic heterocycles. The van der Waals surface area contributed by atoms with Crippen LogP contribution in [0.25, 0.3) is 0 Å². The van der Waals surface area contributed by atoms with Crippen molar-refractivity contribution < 1.29 is 31.6 Å². The van der Waals surface area contributed by atoms with Gasteiger partial charge in [0.05, 0.1) is 0 Å². The van der Waals surface area contributed by atoms with Gasteiger partial charge in [0.15, 0.2) is 0 Å². The molecule has 0 fully saturated rings. The van der Waals surface area contributed by atoms with Crippen LogP contribution in [-0.4, -0.2) is 5.48 Å². The van der Waals surface area contributed by atoms with Crippen molar-refractivity contribution >= 4 is 0 Å². The second-order valence-electron chi connectivity index (χ2n) is 0.854. The third-order valence-corrected chi connectivity index (χ3v) is 3.10. The van der Waals surface area contributed by atoms with E-state index in [9.17, 15) is 0 Å². The molecule has 0 aromatic carbocycles. The SMILES string of the molecule is CC[CH2][Hg+].[OH-]. The minimum Gasteiger partial charge on any atom is -0.870 e. The molecule has 0 rings (SSSR count). The molecular formula is C3H8HgO. The molecule has 28 valence electrons. The summed E-state index contributed by atoms with van der Waals surface area (Å²) in [6.45, 7) is 2.23. The maximum atomic E-state index is 2.23. The Morgan fingerprint density at radius 1 is 1.60 bits per heavy atom. The third kappa shape index (κ3) is 11.4. The van der Waals surface area contributed by atoms with Crippen LogP contribution < -0.4 is 0 Å². The van der Waals surface area contributed by atoms with Crippen molar-refractivity contribution in [3.63, 3.8) is 0 Å². The molecule has 1 N–H and O–H groups in total. The van der Waals surface area contributed by atoms with Crippen LogP contribution in [0.3, 0.4) is 0 Å². The van der Waals surface area contributed by atoms with Crippen LogP contribution in [-0.2, 0) is 26.1 Å². The zero-order valence-corrected chi connectivity index (χ0v) is 9.07. The summed E-state index contributed by atoms with van der Waals surface area (Å²) in [5.41, 5.74) is 0. The number of hydrogen-bond acceptors (Lipinski definition) is 1. The van der Waals surface area contributed by atoms with Crippen molar-refractivity contribution in [3.8, 4) is 0 Å². The van der Waals surface area contributed by atoms with Gasteiger partial charge in [-0.2, -0.15) is 0 Å². The number of hydrogen-bond donors (Lipinski definition) is 0. The standard InChI is InChI=1S/C3H7.Hg.H2O/c1-3-2;;/h1,3H2,2H3;;1H2/q;+1;/p-1. The van der Waals surface area contributed by atoms with Gasteiger partial charge in [0.1, 0.15) is 0 Å². The molecule has 2 heteroatoms. The fraction of sp³-hybridized carbons (Fsp3) is 1.00. The first-order valence-electron chi connectivity index (χ1n) is 1.71. The van der Waals surface area contributed by atoms with Crippen molar-refractivity contribution in [3.05, 3.63) is 0 Å². The summed E-state index contributed by atoms with van der Waals surface area (Å²) < 4.78 is 1.51. The molecule has 0 radical (unpaired) electrons. The van der Waals surface area contributed by atoms with Crippen LogP contribution in [0.5, 0.6) is 0 Å². The molecule has 0 unspecified atom stereocenters. The molecular weight excluding hydrogens is 253 g/mol. The van der Waals surface area contributed by atoms with Gasteiger partial charge in [-0.05, 0) is 0 Å². The Morgan fingerprint density at radius 2 is 1.80 bits per heavy atom. The zero-order valence-electron chi connectivity index (χ0n) is 3.57. The number of rotatable bonds is 1. The van der Waals surface area contributed by atoms with E-state index in [1.54, 1.807) is 0 Å². The normalized spacial score (nSPS) is 6.20. The Hall–Kier alpha value is 0.895. The first kappa shape index (κ1) is 9.31. The van der Waals surface area contributed by atoms with Crippen molar-refractivity contribution in [2.45, 2.75) is 17.3 Å². The molecule has 5 heavy (non-hydrogen) atoms. The molecule has 0 saturated carbocycles. The Kier molecular flexibility index (Phi) is 16.5. The fourth-order valence-electron chi connectivity index (χ4n) is 0. The quantitative estimate of drug-likeness (QED) is 0.652. The second-order valence-corrected chi connectivity index (χ2v) is 3.60. The summed E-state index contributed by atoms with van der Waals surface area (Å²) in [6, 6.07) is 0. The molecule has 0 amide bonds. The molecule has 0 spiro atoms. The van der Waals surface area contributed by atoms with Crippen LogP contribution in [0.2, 0.25) is 3.93 Å². The summed E-state index contributed by atoms with van der Waals surface area (Å²) in [6.07, 6.45) is 1.41. The van der Waals surface area contributed by atoms with E-state index in [-0.39, 0.29) is 5.48 Å². The van der Waals surface area contributed by atoms with Gasteiger partial charge in [0.25, 0.3) is 0 Å². The summed E-state index contributed by atoms with van der Waals surface area (Å²) in [7, 11) is 0. The van der Waals surface area contributed by atoms with E-state index < -0.39 is 0 Å². The minimum atomic E-state index is 0. The minimum absolute atomic E-state index is 0. The first-order chi connectivity index (χ1) is 1.91. The van der Waals surface area contributed by atoms with Crippen molar-refractivity contribution in [1.82, 2.24) is 0 Å². The van der Waals surface area contributed by atoms with Gasteiger partial charge in [0, 0.05) is 0 Å². The second kappa shape index (κ2) is 8.86. The fourth-order valence-corrected chi connectivity index (χ4v) is 0. The smallest absolute Gasteiger partial charge is 0.870 e. The molecule has 0 bridgehead atoms. The topological polar surface area (TPSA) is 30.0 Å². The molecule has 0 atom stereocenters. The third-order valence-electron chi connectivity index (χ3n) is 0.354. The van der Waals surface area contributed by atoms with Gasteiger partial charge in [0.2, 0.25) is 0 Å². The zero-order chi connectivity index (χ0) is 3.41. The molecule has 0 aromatic heterocycles. The summed E-state index contributed by atoms with van der Waals surface area (Å²) in [5.74, 6) is 0. The van der Waals surface area contributed by atoms with Crippen molar-refractivity contribution in [2.24, 2.45) is 0 Å². The van der Waals surface area contributed by atoms with E-state index in [1.165, 1.54) is 10.4 Å². The van der Waals surface area contributed by atoms with Crippen LogP contribution >= 0.6 is 0 Å². The average molecular weight is 261 g/mol. The van der Waals surface area contributed by atoms with E-state index in [0.717, 1.165) is 26.1 Å². The van der Waals surface area contributed by atoms with Gasteiger partial charge in [-0.1, -0.05) is 0 Å². The molecule has 0 heterocycles. The van der Waals surface area contributed by atoms with Crippen LogP contribution in [0.15, 0.2) is 0 Å². The Balaban J connectivity index is 0. The first-order valence-corrected chi connectivity index (χ1v) is 5.59. The summed E-state index contributed by atoms with van der Waals surface area (Å²) >= 11 is 1.07. The Morgan fingerprint density at radius 3 is 1.80 bits per heavy atom. The molecule has 0 aliphatic rings. The summed E-state index contributed by atoms with van der Waals surface area (Å²) in [4.78, 5) is 0. The molecule has 1 nitrogen and oxygen atoms in total. The molecule has 0 aliphatic carbocycles. The van der Waals surface area contributed by atoms with Gasteiger partial charge < -0.3 is 5.48 Å². The van der Waals surface area contributed by atoms with E-state index >= 15 is 0 Å². The summed E-state index contributed by atoms with van der Waals surface area (Å²) in [5, 5.41) is 0. The van der Waals surface area contributed by atoms with Crippen LogP contribution in [0.4, 0.5) is 0 Å². The van der Waals surface area contributed by atoms with Gasteiger partial charge in [-0.15, -0.1) is 0 Å². The Bertz CT molecular complexity index is 8.85. The van der Waals surface area contributed by atoms with Crippen LogP contribution in [0, 0.1) is 0 Å². The predicted octanol–water partition coefficient (Wildman–Crippen LogP) is 1.18. The van der Waals surface area contributed by atoms with Gasteiger partial charge in [-0.3, -0.25) is 0 Å². The van der Waals surface area contributed by atoms with E-state index in [0.29, 0.717) is 0 Å². The van der Waals surface area contributed by atoms with Crippen LogP contribution in [0.1, 0.15) is 13.3 Å². The van der Waals surface area contributed by atoms with Gasteiger partial charge in [-0.25, -0.2) is 0 Å². The van der Waals surface area contributed by atoms with Gasteiger partial charge >= 0.3 is 43.4 Å². The van der Waals surface area contributed by atoms with E-state index in [2.05, 4.69) is 6.92 Å². The Labute approximate surface area is 49.0 Å². The molecule has 0 aromatic rings. The average Bonchev–Trinajstić information content (AvgIpc) is 1.37. The van der Waals surface area contributed by atoms with Crippen molar-refractivity contribution in [1.29, 1.82) is 0 Å². The maximum Gasteiger partial charge on any atom is -0.870 e. The largest absolute Gasteiger partial charge is 0.870 e. The van der Waals surface area contributed by atoms with E-state index in [4.69, 9.17) is 0 Å². The van der Waals surface area contributed by atoms with Crippen molar-refractivity contribution in [2.75, 3.05) is 0 Å². The maximum absolute atomic E-state index is 2.23. The van der Waals surface area contributed by atoms with E-state index in [1.807, 2.05) is 0 Å². The monoisotopic (exact) mass is 262 g/mol. The predicted molar refractivity (Wildman–Crippen MR) is 17.0 cm³/mol.